The fraction of sp³-hybridized carbons (Fsp3) is 0.733. The Morgan fingerprint density at radius 3 is 1.06 bits per heavy atom. The molecular weight excluding hydrogens is 452 g/mol. The second-order valence-corrected chi connectivity index (χ2v) is 9.76. The van der Waals surface area contributed by atoms with E-state index in [1.165, 1.54) is 51.4 Å². The van der Waals surface area contributed by atoms with Gasteiger partial charge in [0.25, 0.3) is 0 Å². The number of esters is 2. The predicted molar refractivity (Wildman–Crippen MR) is 148 cm³/mol. The van der Waals surface area contributed by atoms with Crippen molar-refractivity contribution in [3.8, 4) is 0 Å². The summed E-state index contributed by atoms with van der Waals surface area (Å²) in [6, 6.07) is 6.60. The van der Waals surface area contributed by atoms with E-state index in [9.17, 15) is 9.59 Å². The maximum absolute atomic E-state index is 12.6. The molecule has 0 saturated carbocycles. The summed E-state index contributed by atoms with van der Waals surface area (Å²) in [6.45, 7) is 13.2. The molecule has 0 amide bonds. The van der Waals surface area contributed by atoms with E-state index >= 15 is 0 Å². The van der Waals surface area contributed by atoms with Crippen molar-refractivity contribution in [1.82, 2.24) is 9.80 Å². The quantitative estimate of drug-likeness (QED) is 0.0939. The van der Waals surface area contributed by atoms with Crippen LogP contribution in [0.2, 0.25) is 0 Å². The van der Waals surface area contributed by atoms with E-state index in [0.29, 0.717) is 24.6 Å². The summed E-state index contributed by atoms with van der Waals surface area (Å²) in [5.74, 6) is -0.715. The molecular formula is C30H52N2O4. The van der Waals surface area contributed by atoms with Crippen LogP contribution in [0.15, 0.2) is 24.3 Å². The van der Waals surface area contributed by atoms with Crippen LogP contribution in [-0.4, -0.2) is 61.4 Å². The van der Waals surface area contributed by atoms with Gasteiger partial charge in [-0.1, -0.05) is 79.1 Å². The molecule has 0 aliphatic carbocycles. The molecule has 206 valence electrons. The molecule has 0 spiro atoms. The Balaban J connectivity index is 2.56. The standard InChI is InChI=1S/C30H52N2O4/c1-5-9-13-21-31(22-14-10-6-2)25-35-29(33)27-17-19-28(20-18-27)30(34)36-26-32(23-15-11-7-3)24-16-12-8-4/h17-20H,5-16,21-26H2,1-4H3. The molecule has 0 radical (unpaired) electrons. The van der Waals surface area contributed by atoms with Crippen molar-refractivity contribution in [3.05, 3.63) is 35.4 Å². The molecule has 0 aromatic heterocycles. The number of ether oxygens (including phenoxy) is 2. The number of benzene rings is 1. The highest BCUT2D eigenvalue weighted by molar-refractivity contribution is 5.93. The fourth-order valence-electron chi connectivity index (χ4n) is 4.03. The number of rotatable bonds is 22. The highest BCUT2D eigenvalue weighted by Crippen LogP contribution is 2.10. The highest BCUT2D eigenvalue weighted by atomic mass is 16.5. The number of hydrogen-bond acceptors (Lipinski definition) is 6. The molecule has 36 heavy (non-hydrogen) atoms. The lowest BCUT2D eigenvalue weighted by molar-refractivity contribution is 0.0195. The maximum Gasteiger partial charge on any atom is 0.339 e. The molecule has 0 fully saturated rings. The molecule has 6 heteroatoms. The third-order valence-corrected chi connectivity index (χ3v) is 6.42. The van der Waals surface area contributed by atoms with Gasteiger partial charge in [0.2, 0.25) is 0 Å². The van der Waals surface area contributed by atoms with Crippen molar-refractivity contribution < 1.29 is 19.1 Å². The molecule has 0 atom stereocenters. The van der Waals surface area contributed by atoms with Gasteiger partial charge in [-0.2, -0.15) is 0 Å². The molecule has 0 unspecified atom stereocenters. The largest absolute Gasteiger partial charge is 0.446 e. The predicted octanol–water partition coefficient (Wildman–Crippen LogP) is 7.28. The summed E-state index contributed by atoms with van der Waals surface area (Å²) in [4.78, 5) is 29.6. The first-order valence-corrected chi connectivity index (χ1v) is 14.4. The van der Waals surface area contributed by atoms with E-state index in [-0.39, 0.29) is 11.9 Å². The SMILES string of the molecule is CCCCCN(CCCCC)COC(=O)c1ccc(C(=O)OCN(CCCCC)CCCCC)cc1. The second kappa shape index (κ2) is 21.2. The highest BCUT2D eigenvalue weighted by Gasteiger charge is 2.14. The molecule has 0 heterocycles. The normalized spacial score (nSPS) is 11.3. The van der Waals surface area contributed by atoms with Crippen molar-refractivity contribution in [1.29, 1.82) is 0 Å². The molecule has 1 aromatic carbocycles. The zero-order valence-corrected chi connectivity index (χ0v) is 23.6. The Hall–Kier alpha value is -1.92. The van der Waals surface area contributed by atoms with Gasteiger partial charge in [0.05, 0.1) is 11.1 Å². The third-order valence-electron chi connectivity index (χ3n) is 6.42. The van der Waals surface area contributed by atoms with Gasteiger partial charge in [0, 0.05) is 26.2 Å². The average molecular weight is 505 g/mol. The Kier molecular flexibility index (Phi) is 18.9. The third kappa shape index (κ3) is 14.6. The smallest absolute Gasteiger partial charge is 0.339 e. The summed E-state index contributed by atoms with van der Waals surface area (Å²) in [7, 11) is 0. The van der Waals surface area contributed by atoms with E-state index in [4.69, 9.17) is 9.47 Å². The van der Waals surface area contributed by atoms with Gasteiger partial charge in [-0.05, 0) is 49.9 Å². The Morgan fingerprint density at radius 1 is 0.528 bits per heavy atom. The van der Waals surface area contributed by atoms with Crippen molar-refractivity contribution in [3.63, 3.8) is 0 Å². The summed E-state index contributed by atoms with van der Waals surface area (Å²) in [5, 5.41) is 0. The van der Waals surface area contributed by atoms with Crippen LogP contribution in [0.5, 0.6) is 0 Å². The second-order valence-electron chi connectivity index (χ2n) is 9.76. The number of hydrogen-bond donors (Lipinski definition) is 0. The van der Waals surface area contributed by atoms with Crippen LogP contribution in [0.1, 0.15) is 125 Å². The van der Waals surface area contributed by atoms with Gasteiger partial charge in [-0.15, -0.1) is 0 Å². The molecule has 6 nitrogen and oxygen atoms in total. The Morgan fingerprint density at radius 2 is 0.806 bits per heavy atom. The molecule has 0 N–H and O–H groups in total. The Labute approximate surface area is 220 Å². The first-order chi connectivity index (χ1) is 17.5. The molecule has 0 aliphatic rings. The van der Waals surface area contributed by atoms with E-state index in [1.54, 1.807) is 24.3 Å². The van der Waals surface area contributed by atoms with Gasteiger partial charge in [0.1, 0.15) is 13.5 Å². The summed E-state index contributed by atoms with van der Waals surface area (Å²) in [6.07, 6.45) is 13.9. The van der Waals surface area contributed by atoms with Gasteiger partial charge < -0.3 is 9.47 Å². The minimum Gasteiger partial charge on any atom is -0.446 e. The van der Waals surface area contributed by atoms with Crippen LogP contribution in [0, 0.1) is 0 Å². The molecule has 1 aromatic rings. The van der Waals surface area contributed by atoms with Crippen LogP contribution in [-0.2, 0) is 9.47 Å². The molecule has 0 saturated heterocycles. The summed E-state index contributed by atoms with van der Waals surface area (Å²) in [5.41, 5.74) is 0.906. The number of carbonyl (C=O) groups is 2. The van der Waals surface area contributed by atoms with Crippen LogP contribution >= 0.6 is 0 Å². The van der Waals surface area contributed by atoms with Crippen molar-refractivity contribution in [2.75, 3.05) is 39.6 Å². The summed E-state index contributed by atoms with van der Waals surface area (Å²) < 4.78 is 11.2. The fourth-order valence-corrected chi connectivity index (χ4v) is 4.03. The van der Waals surface area contributed by atoms with Crippen molar-refractivity contribution in [2.24, 2.45) is 0 Å². The van der Waals surface area contributed by atoms with Crippen LogP contribution in [0.25, 0.3) is 0 Å². The first kappa shape index (κ1) is 32.1. The van der Waals surface area contributed by atoms with Gasteiger partial charge in [-0.25, -0.2) is 9.59 Å². The average Bonchev–Trinajstić information content (AvgIpc) is 2.89. The van der Waals surface area contributed by atoms with E-state index in [0.717, 1.165) is 51.9 Å². The maximum atomic E-state index is 12.6. The van der Waals surface area contributed by atoms with E-state index in [1.807, 2.05) is 0 Å². The minimum absolute atomic E-state index is 0.307. The topological polar surface area (TPSA) is 59.1 Å². The van der Waals surface area contributed by atoms with Crippen LogP contribution in [0.4, 0.5) is 0 Å². The molecule has 0 bridgehead atoms. The number of carbonyl (C=O) groups excluding carboxylic acids is 2. The molecule has 1 rings (SSSR count). The zero-order valence-electron chi connectivity index (χ0n) is 23.6. The lowest BCUT2D eigenvalue weighted by Gasteiger charge is -2.22. The molecule has 0 aliphatic heterocycles. The minimum atomic E-state index is -0.357. The Bertz CT molecular complexity index is 614. The van der Waals surface area contributed by atoms with E-state index < -0.39 is 0 Å². The van der Waals surface area contributed by atoms with Crippen LogP contribution < -0.4 is 0 Å². The van der Waals surface area contributed by atoms with Gasteiger partial charge in [0.15, 0.2) is 0 Å². The first-order valence-electron chi connectivity index (χ1n) is 14.4. The van der Waals surface area contributed by atoms with Crippen LogP contribution in [0.3, 0.4) is 0 Å². The van der Waals surface area contributed by atoms with Crippen molar-refractivity contribution >= 4 is 11.9 Å². The number of nitrogens with zero attached hydrogens (tertiary/aromatic N) is 2. The van der Waals surface area contributed by atoms with Gasteiger partial charge in [-0.3, -0.25) is 9.80 Å². The summed E-state index contributed by atoms with van der Waals surface area (Å²) >= 11 is 0. The lowest BCUT2D eigenvalue weighted by atomic mass is 10.1. The van der Waals surface area contributed by atoms with Crippen molar-refractivity contribution in [2.45, 2.75) is 105 Å². The monoisotopic (exact) mass is 504 g/mol. The number of unbranched alkanes of at least 4 members (excludes halogenated alkanes) is 8. The van der Waals surface area contributed by atoms with Gasteiger partial charge >= 0.3 is 11.9 Å². The lowest BCUT2D eigenvalue weighted by Crippen LogP contribution is -2.30. The van der Waals surface area contributed by atoms with E-state index in [2.05, 4.69) is 37.5 Å². The zero-order chi connectivity index (χ0) is 26.4.